The van der Waals surface area contributed by atoms with Crippen LogP contribution in [0.15, 0.2) is 28.7 Å². The molecule has 1 fully saturated rings. The van der Waals surface area contributed by atoms with Crippen LogP contribution in [0.3, 0.4) is 0 Å². The molecule has 1 heterocycles. The summed E-state index contributed by atoms with van der Waals surface area (Å²) in [6, 6.07) is 5.43. The monoisotopic (exact) mass is 328 g/mol. The lowest BCUT2D eigenvalue weighted by molar-refractivity contribution is -0.141. The van der Waals surface area contributed by atoms with Gasteiger partial charge in [0.1, 0.15) is 6.04 Å². The van der Waals surface area contributed by atoms with E-state index in [9.17, 15) is 14.7 Å². The van der Waals surface area contributed by atoms with Crippen molar-refractivity contribution in [3.63, 3.8) is 0 Å². The van der Waals surface area contributed by atoms with E-state index in [1.807, 2.05) is 0 Å². The summed E-state index contributed by atoms with van der Waals surface area (Å²) >= 11 is 3.28. The van der Waals surface area contributed by atoms with E-state index in [0.29, 0.717) is 5.69 Å². The Morgan fingerprint density at radius 3 is 2.53 bits per heavy atom. The Morgan fingerprint density at radius 1 is 1.32 bits per heavy atom. The molecule has 1 unspecified atom stereocenters. The molecule has 0 spiro atoms. The third kappa shape index (κ3) is 3.24. The molecular weight excluding hydrogens is 316 g/mol. The summed E-state index contributed by atoms with van der Waals surface area (Å²) < 4.78 is 0.880. The number of carboxylic acid groups (broad SMARTS) is 1. The fraction of sp³-hybridized carbons (Fsp3) is 0.333. The Bertz CT molecular complexity index is 491. The molecule has 0 saturated carbocycles. The second-order valence-electron chi connectivity index (χ2n) is 4.33. The van der Waals surface area contributed by atoms with Crippen molar-refractivity contribution in [2.45, 2.75) is 18.6 Å². The van der Waals surface area contributed by atoms with Crippen molar-refractivity contribution in [3.05, 3.63) is 28.7 Å². The van der Waals surface area contributed by atoms with Gasteiger partial charge >= 0.3 is 12.0 Å². The van der Waals surface area contributed by atoms with E-state index in [-0.39, 0.29) is 13.0 Å². The zero-order valence-electron chi connectivity index (χ0n) is 9.91. The van der Waals surface area contributed by atoms with Crippen molar-refractivity contribution < 1.29 is 19.8 Å². The van der Waals surface area contributed by atoms with E-state index in [0.717, 1.165) is 9.37 Å². The smallest absolute Gasteiger partial charge is 0.326 e. The molecule has 2 rings (SSSR count). The minimum atomic E-state index is -1.11. The van der Waals surface area contributed by atoms with Crippen LogP contribution in [0.5, 0.6) is 0 Å². The van der Waals surface area contributed by atoms with Gasteiger partial charge in [-0.25, -0.2) is 9.59 Å². The van der Waals surface area contributed by atoms with E-state index in [2.05, 4.69) is 21.2 Å². The number of aliphatic carboxylic acids is 1. The molecule has 19 heavy (non-hydrogen) atoms. The van der Waals surface area contributed by atoms with Crippen LogP contribution in [0.2, 0.25) is 0 Å². The number of carbonyl (C=O) groups is 2. The number of halogens is 1. The number of rotatable bonds is 2. The van der Waals surface area contributed by atoms with E-state index < -0.39 is 24.1 Å². The molecule has 1 aromatic rings. The Balaban J connectivity index is 2.06. The number of β-amino-alcohol motifs (C(OH)–C–C–N with tert-alkyl or cyclic N) is 1. The maximum absolute atomic E-state index is 12.0. The lowest BCUT2D eigenvalue weighted by atomic mass is 10.2. The predicted molar refractivity (Wildman–Crippen MR) is 71.9 cm³/mol. The molecule has 2 atom stereocenters. The van der Waals surface area contributed by atoms with Gasteiger partial charge in [0.25, 0.3) is 0 Å². The molecule has 0 radical (unpaired) electrons. The number of aliphatic hydroxyl groups excluding tert-OH is 1. The largest absolute Gasteiger partial charge is 0.480 e. The topological polar surface area (TPSA) is 89.9 Å². The van der Waals surface area contributed by atoms with Gasteiger partial charge in [-0.1, -0.05) is 15.9 Å². The quantitative estimate of drug-likeness (QED) is 0.767. The summed E-state index contributed by atoms with van der Waals surface area (Å²) in [5, 5.41) is 21.1. The van der Waals surface area contributed by atoms with E-state index >= 15 is 0 Å². The number of hydrogen-bond acceptors (Lipinski definition) is 3. The van der Waals surface area contributed by atoms with Gasteiger partial charge < -0.3 is 20.4 Å². The number of aliphatic hydroxyl groups is 1. The fourth-order valence-corrected chi connectivity index (χ4v) is 2.27. The summed E-state index contributed by atoms with van der Waals surface area (Å²) in [7, 11) is 0. The number of nitrogens with one attached hydrogen (secondary N) is 1. The molecule has 1 saturated heterocycles. The van der Waals surface area contributed by atoms with Crippen molar-refractivity contribution in [2.24, 2.45) is 0 Å². The van der Waals surface area contributed by atoms with Gasteiger partial charge in [0.15, 0.2) is 0 Å². The van der Waals surface area contributed by atoms with Gasteiger partial charge in [-0.05, 0) is 24.3 Å². The molecule has 3 N–H and O–H groups in total. The normalized spacial score (nSPS) is 22.3. The number of amides is 2. The average Bonchev–Trinajstić information content (AvgIpc) is 2.74. The molecule has 0 aliphatic carbocycles. The van der Waals surface area contributed by atoms with Crippen LogP contribution < -0.4 is 5.32 Å². The molecule has 6 nitrogen and oxygen atoms in total. The van der Waals surface area contributed by atoms with Crippen LogP contribution in [-0.4, -0.2) is 45.8 Å². The van der Waals surface area contributed by atoms with Crippen molar-refractivity contribution in [3.8, 4) is 0 Å². The standard InChI is InChI=1S/C12H13BrN2O4/c13-7-1-3-8(4-2-7)14-12(19)15-6-9(16)5-10(15)11(17)18/h1-4,9-10,16H,5-6H2,(H,14,19)(H,17,18)/t9?,10-/m0/s1. The minimum absolute atomic E-state index is 0.0271. The second kappa shape index (κ2) is 5.58. The predicted octanol–water partition coefficient (Wildman–Crippen LogP) is 1.50. The first kappa shape index (κ1) is 13.8. The highest BCUT2D eigenvalue weighted by molar-refractivity contribution is 9.10. The van der Waals surface area contributed by atoms with Gasteiger partial charge in [0.05, 0.1) is 6.10 Å². The van der Waals surface area contributed by atoms with Crippen LogP contribution in [0.4, 0.5) is 10.5 Å². The molecule has 1 aromatic carbocycles. The Labute approximate surface area is 118 Å². The van der Waals surface area contributed by atoms with Gasteiger partial charge in [-0.2, -0.15) is 0 Å². The Hall–Kier alpha value is -1.60. The Kier molecular flexibility index (Phi) is 4.06. The number of urea groups is 1. The van der Waals surface area contributed by atoms with Crippen LogP contribution in [-0.2, 0) is 4.79 Å². The number of nitrogens with zero attached hydrogens (tertiary/aromatic N) is 1. The summed E-state index contributed by atoms with van der Waals surface area (Å²) in [5.74, 6) is -1.11. The van der Waals surface area contributed by atoms with E-state index in [1.165, 1.54) is 0 Å². The summed E-state index contributed by atoms with van der Waals surface area (Å²) in [6.07, 6.45) is -0.736. The lowest BCUT2D eigenvalue weighted by Crippen LogP contribution is -2.43. The maximum Gasteiger partial charge on any atom is 0.326 e. The minimum Gasteiger partial charge on any atom is -0.480 e. The van der Waals surface area contributed by atoms with Crippen LogP contribution >= 0.6 is 15.9 Å². The van der Waals surface area contributed by atoms with Gasteiger partial charge in [-0.15, -0.1) is 0 Å². The van der Waals surface area contributed by atoms with E-state index in [1.54, 1.807) is 24.3 Å². The van der Waals surface area contributed by atoms with Crippen molar-refractivity contribution in [2.75, 3.05) is 11.9 Å². The van der Waals surface area contributed by atoms with Gasteiger partial charge in [0, 0.05) is 23.1 Å². The average molecular weight is 329 g/mol. The molecule has 7 heteroatoms. The van der Waals surface area contributed by atoms with Crippen molar-refractivity contribution >= 4 is 33.6 Å². The number of carboxylic acids is 1. The highest BCUT2D eigenvalue weighted by Crippen LogP contribution is 2.20. The lowest BCUT2D eigenvalue weighted by Gasteiger charge is -2.21. The SMILES string of the molecule is O=C(O)[C@@H]1CC(O)CN1C(=O)Nc1ccc(Br)cc1. The van der Waals surface area contributed by atoms with Gasteiger partial charge in [-0.3, -0.25) is 0 Å². The van der Waals surface area contributed by atoms with Crippen molar-refractivity contribution in [1.29, 1.82) is 0 Å². The molecular formula is C12H13BrN2O4. The summed E-state index contributed by atoms with van der Waals surface area (Å²) in [4.78, 5) is 24.1. The Morgan fingerprint density at radius 2 is 1.95 bits per heavy atom. The highest BCUT2D eigenvalue weighted by Gasteiger charge is 2.38. The first-order valence-corrected chi connectivity index (χ1v) is 6.50. The molecule has 102 valence electrons. The second-order valence-corrected chi connectivity index (χ2v) is 5.25. The molecule has 1 aliphatic rings. The van der Waals surface area contributed by atoms with Crippen LogP contribution in [0.25, 0.3) is 0 Å². The molecule has 1 aliphatic heterocycles. The highest BCUT2D eigenvalue weighted by atomic mass is 79.9. The first-order valence-electron chi connectivity index (χ1n) is 5.71. The fourth-order valence-electron chi connectivity index (χ4n) is 2.00. The first-order chi connectivity index (χ1) is 8.97. The summed E-state index contributed by atoms with van der Waals surface area (Å²) in [6.45, 7) is 0.0271. The van der Waals surface area contributed by atoms with Crippen LogP contribution in [0.1, 0.15) is 6.42 Å². The summed E-state index contributed by atoms with van der Waals surface area (Å²) in [5.41, 5.74) is 0.568. The maximum atomic E-state index is 12.0. The van der Waals surface area contributed by atoms with Crippen LogP contribution in [0, 0.1) is 0 Å². The number of likely N-dealkylation sites (tertiary alicyclic amines) is 1. The number of anilines is 1. The molecule has 2 amide bonds. The third-order valence-corrected chi connectivity index (χ3v) is 3.45. The third-order valence-electron chi connectivity index (χ3n) is 2.92. The van der Waals surface area contributed by atoms with Gasteiger partial charge in [0.2, 0.25) is 0 Å². The zero-order chi connectivity index (χ0) is 14.0. The zero-order valence-corrected chi connectivity index (χ0v) is 11.5. The van der Waals surface area contributed by atoms with E-state index in [4.69, 9.17) is 5.11 Å². The molecule has 0 bridgehead atoms. The van der Waals surface area contributed by atoms with Crippen molar-refractivity contribution in [1.82, 2.24) is 4.90 Å². The molecule has 0 aromatic heterocycles. The number of benzene rings is 1. The number of hydrogen-bond donors (Lipinski definition) is 3. The number of carbonyl (C=O) groups excluding carboxylic acids is 1.